The maximum absolute atomic E-state index is 10.6. The number of carbonyl (C=O) groups is 1. The van der Waals surface area contributed by atoms with Gasteiger partial charge in [-0.3, -0.25) is 0 Å². The number of hydrogen-bond acceptors (Lipinski definition) is 1. The van der Waals surface area contributed by atoms with Crippen molar-refractivity contribution < 1.29 is 9.90 Å². The van der Waals surface area contributed by atoms with Gasteiger partial charge in [0.25, 0.3) is 0 Å². The predicted molar refractivity (Wildman–Crippen MR) is 112 cm³/mol. The summed E-state index contributed by atoms with van der Waals surface area (Å²) in [5.41, 5.74) is 6.46. The van der Waals surface area contributed by atoms with Gasteiger partial charge in [0.1, 0.15) is 0 Å². The molecular formula is C24H34O2. The van der Waals surface area contributed by atoms with E-state index in [9.17, 15) is 4.79 Å². The summed E-state index contributed by atoms with van der Waals surface area (Å²) in [4.78, 5) is 10.6. The smallest absolute Gasteiger partial charge is 0.328 e. The van der Waals surface area contributed by atoms with Crippen molar-refractivity contribution in [1.29, 1.82) is 0 Å². The SMILES string of the molecule is C/C(C=CC1C[C@]1(C)c1cc(C)cc(C)c1)=C\C(=O)O.C/C=C(\C)CC. The van der Waals surface area contributed by atoms with Crippen molar-refractivity contribution in [3.05, 3.63) is 70.3 Å². The fourth-order valence-electron chi connectivity index (χ4n) is 3.03. The molecule has 2 nitrogen and oxygen atoms in total. The van der Waals surface area contributed by atoms with Crippen LogP contribution in [0.4, 0.5) is 0 Å². The first-order valence-corrected chi connectivity index (χ1v) is 9.42. The molecule has 1 aliphatic carbocycles. The summed E-state index contributed by atoms with van der Waals surface area (Å²) in [6.45, 7) is 14.7. The molecule has 26 heavy (non-hydrogen) atoms. The second-order valence-electron chi connectivity index (χ2n) is 7.68. The fraction of sp³-hybridized carbons (Fsp3) is 0.458. The first kappa shape index (κ1) is 22.0. The predicted octanol–water partition coefficient (Wildman–Crippen LogP) is 6.53. The molecule has 1 saturated carbocycles. The molecule has 0 heterocycles. The minimum absolute atomic E-state index is 0.205. The third kappa shape index (κ3) is 6.67. The third-order valence-corrected chi connectivity index (χ3v) is 5.18. The maximum Gasteiger partial charge on any atom is 0.328 e. The summed E-state index contributed by atoms with van der Waals surface area (Å²) < 4.78 is 0. The first-order valence-electron chi connectivity index (χ1n) is 9.42. The van der Waals surface area contributed by atoms with E-state index in [-0.39, 0.29) is 5.41 Å². The van der Waals surface area contributed by atoms with E-state index in [4.69, 9.17) is 5.11 Å². The molecule has 0 aromatic heterocycles. The van der Waals surface area contributed by atoms with Gasteiger partial charge in [-0.25, -0.2) is 4.79 Å². The van der Waals surface area contributed by atoms with Crippen molar-refractivity contribution in [2.75, 3.05) is 0 Å². The summed E-state index contributed by atoms with van der Waals surface area (Å²) in [6, 6.07) is 6.72. The lowest BCUT2D eigenvalue weighted by Gasteiger charge is -2.12. The minimum atomic E-state index is -0.889. The third-order valence-electron chi connectivity index (χ3n) is 5.18. The molecular weight excluding hydrogens is 320 g/mol. The molecule has 1 unspecified atom stereocenters. The molecule has 0 aliphatic heterocycles. The maximum atomic E-state index is 10.6. The monoisotopic (exact) mass is 354 g/mol. The molecule has 2 atom stereocenters. The van der Waals surface area contributed by atoms with Crippen LogP contribution in [0.2, 0.25) is 0 Å². The van der Waals surface area contributed by atoms with Crippen molar-refractivity contribution in [1.82, 2.24) is 0 Å². The number of aryl methyl sites for hydroxylation is 2. The number of aliphatic carboxylic acids is 1. The van der Waals surface area contributed by atoms with E-state index in [2.05, 4.69) is 71.9 Å². The highest BCUT2D eigenvalue weighted by Crippen LogP contribution is 2.55. The molecule has 0 saturated heterocycles. The molecule has 0 radical (unpaired) electrons. The molecule has 0 amide bonds. The number of benzene rings is 1. The molecule has 1 aromatic rings. The molecule has 0 spiro atoms. The quantitative estimate of drug-likeness (QED) is 0.371. The number of carboxylic acid groups (broad SMARTS) is 1. The lowest BCUT2D eigenvalue weighted by atomic mass is 9.92. The Bertz CT molecular complexity index is 701. The molecule has 2 heteroatoms. The van der Waals surface area contributed by atoms with Crippen LogP contribution in [-0.2, 0) is 10.2 Å². The van der Waals surface area contributed by atoms with Gasteiger partial charge >= 0.3 is 5.97 Å². The summed E-state index contributed by atoms with van der Waals surface area (Å²) in [5.74, 6) is -0.388. The Morgan fingerprint density at radius 2 is 1.81 bits per heavy atom. The van der Waals surface area contributed by atoms with E-state index in [1.54, 1.807) is 0 Å². The van der Waals surface area contributed by atoms with Crippen LogP contribution in [0.15, 0.2) is 53.6 Å². The van der Waals surface area contributed by atoms with Crippen LogP contribution in [-0.4, -0.2) is 11.1 Å². The number of carboxylic acids is 1. The molecule has 1 aromatic carbocycles. The van der Waals surface area contributed by atoms with Gasteiger partial charge in [-0.15, -0.1) is 0 Å². The standard InChI is InChI=1S/C18H22O2.C6H12/c1-12(10-17(19)20)5-6-15-11-18(15,4)16-8-13(2)7-14(3)9-16;1-4-6(3)5-2/h5-10,15H,11H2,1-4H3,(H,19,20);4H,5H2,1-3H3/b6-5?,12-10+;6-4+/t15?,18-;/m0./s1. The zero-order valence-corrected chi connectivity index (χ0v) is 17.4. The van der Waals surface area contributed by atoms with Crippen molar-refractivity contribution in [2.45, 2.75) is 66.7 Å². The number of hydrogen-bond donors (Lipinski definition) is 1. The van der Waals surface area contributed by atoms with Crippen LogP contribution in [0, 0.1) is 19.8 Å². The zero-order valence-electron chi connectivity index (χ0n) is 17.4. The van der Waals surface area contributed by atoms with Crippen molar-refractivity contribution in [2.24, 2.45) is 5.92 Å². The topological polar surface area (TPSA) is 37.3 Å². The Balaban J connectivity index is 0.000000487. The van der Waals surface area contributed by atoms with E-state index in [0.717, 1.165) is 12.0 Å². The normalized spacial score (nSPS) is 22.8. The highest BCUT2D eigenvalue weighted by atomic mass is 16.4. The van der Waals surface area contributed by atoms with Crippen molar-refractivity contribution >= 4 is 5.97 Å². The van der Waals surface area contributed by atoms with Crippen LogP contribution in [0.3, 0.4) is 0 Å². The van der Waals surface area contributed by atoms with Gasteiger partial charge in [0.15, 0.2) is 0 Å². The van der Waals surface area contributed by atoms with E-state index in [0.29, 0.717) is 5.92 Å². The Morgan fingerprint density at radius 3 is 2.23 bits per heavy atom. The van der Waals surface area contributed by atoms with Crippen LogP contribution in [0.1, 0.15) is 64.2 Å². The molecule has 1 fully saturated rings. The Hall–Kier alpha value is -2.09. The van der Waals surface area contributed by atoms with Gasteiger partial charge in [0.2, 0.25) is 0 Å². The fourth-order valence-corrected chi connectivity index (χ4v) is 3.03. The highest BCUT2D eigenvalue weighted by molar-refractivity contribution is 5.81. The average Bonchev–Trinajstić information content (AvgIpc) is 3.23. The zero-order chi connectivity index (χ0) is 19.9. The lowest BCUT2D eigenvalue weighted by Crippen LogP contribution is -2.04. The average molecular weight is 355 g/mol. The van der Waals surface area contributed by atoms with Gasteiger partial charge in [0.05, 0.1) is 0 Å². The Morgan fingerprint density at radius 1 is 1.23 bits per heavy atom. The summed E-state index contributed by atoms with van der Waals surface area (Å²) in [6.07, 6.45) is 9.77. The van der Waals surface area contributed by atoms with E-state index < -0.39 is 5.97 Å². The Kier molecular flexibility index (Phi) is 8.08. The van der Waals surface area contributed by atoms with Crippen LogP contribution in [0.25, 0.3) is 0 Å². The molecule has 2 rings (SSSR count). The van der Waals surface area contributed by atoms with Gasteiger partial charge in [0, 0.05) is 6.08 Å². The van der Waals surface area contributed by atoms with Crippen molar-refractivity contribution in [3.8, 4) is 0 Å². The number of rotatable bonds is 5. The second-order valence-corrected chi connectivity index (χ2v) is 7.68. The lowest BCUT2D eigenvalue weighted by molar-refractivity contribution is -0.131. The second kappa shape index (κ2) is 9.56. The Labute approximate surface area is 159 Å². The number of allylic oxidation sites excluding steroid dienone is 5. The first-order chi connectivity index (χ1) is 12.1. The van der Waals surface area contributed by atoms with E-state index in [1.807, 2.05) is 13.0 Å². The van der Waals surface area contributed by atoms with Gasteiger partial charge < -0.3 is 5.11 Å². The summed E-state index contributed by atoms with van der Waals surface area (Å²) >= 11 is 0. The minimum Gasteiger partial charge on any atom is -0.478 e. The van der Waals surface area contributed by atoms with Crippen LogP contribution >= 0.6 is 0 Å². The van der Waals surface area contributed by atoms with Gasteiger partial charge in [-0.2, -0.15) is 0 Å². The van der Waals surface area contributed by atoms with Gasteiger partial charge in [-0.05, 0) is 69.9 Å². The molecule has 1 N–H and O–H groups in total. The largest absolute Gasteiger partial charge is 0.478 e. The molecule has 0 bridgehead atoms. The van der Waals surface area contributed by atoms with Crippen molar-refractivity contribution in [3.63, 3.8) is 0 Å². The van der Waals surface area contributed by atoms with Gasteiger partial charge in [-0.1, -0.05) is 67.0 Å². The highest BCUT2D eigenvalue weighted by Gasteiger charge is 2.49. The van der Waals surface area contributed by atoms with Crippen LogP contribution in [0.5, 0.6) is 0 Å². The summed E-state index contributed by atoms with van der Waals surface area (Å²) in [7, 11) is 0. The molecule has 1 aliphatic rings. The van der Waals surface area contributed by atoms with E-state index >= 15 is 0 Å². The molecule has 142 valence electrons. The summed E-state index contributed by atoms with van der Waals surface area (Å²) in [5, 5.41) is 8.70. The van der Waals surface area contributed by atoms with E-state index in [1.165, 1.54) is 34.8 Å². The van der Waals surface area contributed by atoms with Crippen LogP contribution < -0.4 is 0 Å².